The summed E-state index contributed by atoms with van der Waals surface area (Å²) in [5.41, 5.74) is 0. The minimum atomic E-state index is -0.633. The van der Waals surface area contributed by atoms with Gasteiger partial charge < -0.3 is 14.9 Å². The molecular weight excluding hydrogens is 240 g/mol. The van der Waals surface area contributed by atoms with Gasteiger partial charge in [-0.05, 0) is 70.7 Å². The summed E-state index contributed by atoms with van der Waals surface area (Å²) in [5, 5.41) is 8.84. The van der Waals surface area contributed by atoms with Crippen molar-refractivity contribution in [1.82, 2.24) is 9.80 Å². The minimum Gasteiger partial charge on any atom is -0.481 e. The normalized spacial score (nSPS) is 24.7. The molecule has 0 unspecified atom stereocenters. The van der Waals surface area contributed by atoms with Crippen molar-refractivity contribution in [2.45, 2.75) is 51.5 Å². The first-order valence-corrected chi connectivity index (χ1v) is 7.87. The Labute approximate surface area is 116 Å². The molecule has 0 aromatic carbocycles. The van der Waals surface area contributed by atoms with Crippen molar-refractivity contribution in [1.29, 1.82) is 0 Å². The summed E-state index contributed by atoms with van der Waals surface area (Å²) in [7, 11) is 0. The van der Waals surface area contributed by atoms with Crippen molar-refractivity contribution in [3.63, 3.8) is 0 Å². The van der Waals surface area contributed by atoms with Gasteiger partial charge in [-0.1, -0.05) is 6.92 Å². The summed E-state index contributed by atoms with van der Waals surface area (Å²) in [6.07, 6.45) is 6.35. The molecule has 4 nitrogen and oxygen atoms in total. The third kappa shape index (κ3) is 4.46. The average Bonchev–Trinajstić information content (AvgIpc) is 2.40. The van der Waals surface area contributed by atoms with Crippen LogP contribution in [0.5, 0.6) is 0 Å². The monoisotopic (exact) mass is 268 g/mol. The number of carbonyl (C=O) groups is 1. The molecule has 2 saturated heterocycles. The first-order valence-electron chi connectivity index (χ1n) is 7.87. The van der Waals surface area contributed by atoms with E-state index in [1.807, 2.05) is 0 Å². The molecule has 0 aliphatic carbocycles. The predicted octanol–water partition coefficient (Wildman–Crippen LogP) is 2.05. The van der Waals surface area contributed by atoms with Crippen molar-refractivity contribution in [2.24, 2.45) is 5.92 Å². The Bertz CT molecular complexity index is 280. The highest BCUT2D eigenvalue weighted by Crippen LogP contribution is 2.25. The molecule has 0 saturated carbocycles. The molecule has 4 heteroatoms. The van der Waals surface area contributed by atoms with E-state index in [-0.39, 0.29) is 0 Å². The van der Waals surface area contributed by atoms with E-state index in [4.69, 9.17) is 5.11 Å². The Morgan fingerprint density at radius 3 is 2.26 bits per heavy atom. The molecule has 0 bridgehead atoms. The Morgan fingerprint density at radius 1 is 1.11 bits per heavy atom. The average molecular weight is 268 g/mol. The van der Waals surface area contributed by atoms with Gasteiger partial charge >= 0.3 is 5.97 Å². The maximum Gasteiger partial charge on any atom is 0.303 e. The van der Waals surface area contributed by atoms with Crippen LogP contribution in [-0.4, -0.2) is 59.6 Å². The number of nitrogens with zero attached hydrogens (tertiary/aromatic N) is 2. The molecule has 0 amide bonds. The fourth-order valence-electron chi connectivity index (χ4n) is 3.59. The van der Waals surface area contributed by atoms with E-state index in [2.05, 4.69) is 16.7 Å². The van der Waals surface area contributed by atoms with E-state index in [1.54, 1.807) is 0 Å². The van der Waals surface area contributed by atoms with Gasteiger partial charge in [0.2, 0.25) is 0 Å². The zero-order valence-electron chi connectivity index (χ0n) is 12.2. The SMILES string of the molecule is CCCN1CCC(N2CCC(CC(=O)O)CC2)CC1. The molecule has 2 aliphatic rings. The van der Waals surface area contributed by atoms with E-state index in [1.165, 1.54) is 38.9 Å². The van der Waals surface area contributed by atoms with Crippen molar-refractivity contribution in [3.8, 4) is 0 Å². The Kier molecular flexibility index (Phi) is 5.64. The zero-order chi connectivity index (χ0) is 13.7. The highest BCUT2D eigenvalue weighted by molar-refractivity contribution is 5.67. The molecule has 110 valence electrons. The first kappa shape index (κ1) is 14.8. The molecule has 0 radical (unpaired) electrons. The summed E-state index contributed by atoms with van der Waals surface area (Å²) < 4.78 is 0. The van der Waals surface area contributed by atoms with E-state index in [0.717, 1.165) is 32.0 Å². The van der Waals surface area contributed by atoms with Crippen LogP contribution in [0.2, 0.25) is 0 Å². The maximum absolute atomic E-state index is 10.7. The second-order valence-corrected chi connectivity index (χ2v) is 6.15. The quantitative estimate of drug-likeness (QED) is 0.829. The van der Waals surface area contributed by atoms with Gasteiger partial charge in [0.1, 0.15) is 0 Å². The highest BCUT2D eigenvalue weighted by Gasteiger charge is 2.28. The highest BCUT2D eigenvalue weighted by atomic mass is 16.4. The van der Waals surface area contributed by atoms with Crippen molar-refractivity contribution in [3.05, 3.63) is 0 Å². The molecule has 2 heterocycles. The van der Waals surface area contributed by atoms with Gasteiger partial charge in [-0.2, -0.15) is 0 Å². The molecule has 0 atom stereocenters. The lowest BCUT2D eigenvalue weighted by Crippen LogP contribution is -2.47. The van der Waals surface area contributed by atoms with Crippen LogP contribution in [0.4, 0.5) is 0 Å². The summed E-state index contributed by atoms with van der Waals surface area (Å²) in [6.45, 7) is 8.20. The van der Waals surface area contributed by atoms with Crippen molar-refractivity contribution < 1.29 is 9.90 Å². The van der Waals surface area contributed by atoms with Crippen LogP contribution >= 0.6 is 0 Å². The number of carboxylic acid groups (broad SMARTS) is 1. The van der Waals surface area contributed by atoms with Gasteiger partial charge in [0.05, 0.1) is 0 Å². The zero-order valence-corrected chi connectivity index (χ0v) is 12.2. The lowest BCUT2D eigenvalue weighted by molar-refractivity contribution is -0.138. The van der Waals surface area contributed by atoms with Crippen LogP contribution in [0.3, 0.4) is 0 Å². The standard InChI is InChI=1S/C15H28N2O2/c1-2-7-16-8-5-14(6-9-16)17-10-3-13(4-11-17)12-15(18)19/h13-14H,2-12H2,1H3,(H,18,19). The molecule has 1 N–H and O–H groups in total. The first-order chi connectivity index (χ1) is 9.19. The van der Waals surface area contributed by atoms with Crippen LogP contribution in [0.15, 0.2) is 0 Å². The van der Waals surface area contributed by atoms with E-state index in [9.17, 15) is 4.79 Å². The molecule has 2 aliphatic heterocycles. The molecule has 2 rings (SSSR count). The fourth-order valence-corrected chi connectivity index (χ4v) is 3.59. The summed E-state index contributed by atoms with van der Waals surface area (Å²) in [6, 6.07) is 0.749. The number of rotatable bonds is 5. The number of likely N-dealkylation sites (tertiary alicyclic amines) is 2. The molecule has 0 aromatic heterocycles. The van der Waals surface area contributed by atoms with Gasteiger partial charge in [0, 0.05) is 12.5 Å². The summed E-state index contributed by atoms with van der Waals surface area (Å²) in [4.78, 5) is 15.9. The van der Waals surface area contributed by atoms with Crippen molar-refractivity contribution >= 4 is 5.97 Å². The molecule has 2 fully saturated rings. The van der Waals surface area contributed by atoms with Crippen LogP contribution in [0, 0.1) is 5.92 Å². The van der Waals surface area contributed by atoms with E-state index in [0.29, 0.717) is 12.3 Å². The van der Waals surface area contributed by atoms with Gasteiger partial charge in [-0.25, -0.2) is 0 Å². The molecule has 19 heavy (non-hydrogen) atoms. The molecular formula is C15H28N2O2. The number of hydrogen-bond acceptors (Lipinski definition) is 3. The van der Waals surface area contributed by atoms with Crippen LogP contribution < -0.4 is 0 Å². The van der Waals surface area contributed by atoms with E-state index < -0.39 is 5.97 Å². The number of aliphatic carboxylic acids is 1. The van der Waals surface area contributed by atoms with E-state index >= 15 is 0 Å². The smallest absolute Gasteiger partial charge is 0.303 e. The largest absolute Gasteiger partial charge is 0.481 e. The van der Waals surface area contributed by atoms with Crippen LogP contribution in [0.25, 0.3) is 0 Å². The van der Waals surface area contributed by atoms with Gasteiger partial charge in [-0.3, -0.25) is 4.79 Å². The van der Waals surface area contributed by atoms with Gasteiger partial charge in [0.25, 0.3) is 0 Å². The lowest BCUT2D eigenvalue weighted by atomic mass is 9.91. The third-order valence-corrected chi connectivity index (χ3v) is 4.73. The number of carboxylic acids is 1. The number of piperidine rings is 2. The summed E-state index contributed by atoms with van der Waals surface area (Å²) in [5.74, 6) is -0.222. The lowest BCUT2D eigenvalue weighted by Gasteiger charge is -2.41. The second kappa shape index (κ2) is 7.25. The minimum absolute atomic E-state index is 0.364. The Balaban J connectivity index is 1.69. The second-order valence-electron chi connectivity index (χ2n) is 6.15. The topological polar surface area (TPSA) is 43.8 Å². The van der Waals surface area contributed by atoms with Gasteiger partial charge in [0.15, 0.2) is 0 Å². The third-order valence-electron chi connectivity index (χ3n) is 4.73. The van der Waals surface area contributed by atoms with Crippen LogP contribution in [0.1, 0.15) is 45.4 Å². The summed E-state index contributed by atoms with van der Waals surface area (Å²) >= 11 is 0. The number of hydrogen-bond donors (Lipinski definition) is 1. The molecule has 0 aromatic rings. The molecule has 0 spiro atoms. The predicted molar refractivity (Wildman–Crippen MR) is 76.3 cm³/mol. The maximum atomic E-state index is 10.7. The Morgan fingerprint density at radius 2 is 1.74 bits per heavy atom. The Hall–Kier alpha value is -0.610. The van der Waals surface area contributed by atoms with Gasteiger partial charge in [-0.15, -0.1) is 0 Å². The fraction of sp³-hybridized carbons (Fsp3) is 0.933. The van der Waals surface area contributed by atoms with Crippen molar-refractivity contribution in [2.75, 3.05) is 32.7 Å². The van der Waals surface area contributed by atoms with Crippen LogP contribution in [-0.2, 0) is 4.79 Å².